The van der Waals surface area contributed by atoms with Crippen LogP contribution >= 0.6 is 11.8 Å². The fraction of sp³-hybridized carbons (Fsp3) is 0.412. The summed E-state index contributed by atoms with van der Waals surface area (Å²) in [4.78, 5) is 17.7. The van der Waals surface area contributed by atoms with Crippen molar-refractivity contribution in [2.24, 2.45) is 0 Å². The van der Waals surface area contributed by atoms with E-state index < -0.39 is 6.29 Å². The molecule has 1 unspecified atom stereocenters. The van der Waals surface area contributed by atoms with E-state index >= 15 is 0 Å². The number of carbonyl (C=O) groups excluding carboxylic acids is 1. The summed E-state index contributed by atoms with van der Waals surface area (Å²) in [6, 6.07) is 7.87. The number of hydrogen-bond donors (Lipinski definition) is 1. The van der Waals surface area contributed by atoms with E-state index in [1.165, 1.54) is 13.5 Å². The highest BCUT2D eigenvalue weighted by Gasteiger charge is 2.26. The van der Waals surface area contributed by atoms with Crippen molar-refractivity contribution in [3.05, 3.63) is 30.5 Å². The molecule has 0 saturated heterocycles. The average Bonchev–Trinajstić information content (AvgIpc) is 2.54. The second-order valence-corrected chi connectivity index (χ2v) is 6.43. The Morgan fingerprint density at radius 2 is 2.22 bits per heavy atom. The predicted octanol–water partition coefficient (Wildman–Crippen LogP) is 2.98. The third-order valence-electron chi connectivity index (χ3n) is 3.99. The first-order valence-corrected chi connectivity index (χ1v) is 8.85. The maximum absolute atomic E-state index is 12.2. The van der Waals surface area contributed by atoms with Crippen LogP contribution in [0.15, 0.2) is 35.4 Å². The molecule has 0 aliphatic heterocycles. The van der Waals surface area contributed by atoms with Gasteiger partial charge in [-0.15, -0.1) is 11.8 Å². The van der Waals surface area contributed by atoms with E-state index in [0.717, 1.165) is 28.6 Å². The number of aromatic nitrogens is 1. The number of rotatable bonds is 6. The third-order valence-corrected chi connectivity index (χ3v) is 4.68. The molecule has 23 heavy (non-hydrogen) atoms. The third kappa shape index (κ3) is 3.76. The van der Waals surface area contributed by atoms with Crippen molar-refractivity contribution in [2.75, 3.05) is 13.4 Å². The molecule has 0 bridgehead atoms. The second-order valence-electron chi connectivity index (χ2n) is 5.55. The molecule has 0 spiro atoms. The number of methoxy groups -OCH3 is 1. The highest BCUT2D eigenvalue weighted by molar-refractivity contribution is 7.98. The fourth-order valence-corrected chi connectivity index (χ4v) is 2.83. The van der Waals surface area contributed by atoms with Gasteiger partial charge in [0.2, 0.25) is 0 Å². The lowest BCUT2D eigenvalue weighted by atomic mass is 9.93. The zero-order valence-corrected chi connectivity index (χ0v) is 14.1. The Morgan fingerprint density at radius 1 is 1.39 bits per heavy atom. The molecule has 0 radical (unpaired) electrons. The molecule has 3 rings (SSSR count). The molecule has 1 aromatic heterocycles. The van der Waals surface area contributed by atoms with Crippen molar-refractivity contribution in [3.63, 3.8) is 0 Å². The molecule has 1 aliphatic carbocycles. The molecule has 1 atom stereocenters. The van der Waals surface area contributed by atoms with E-state index in [-0.39, 0.29) is 11.9 Å². The second kappa shape index (κ2) is 7.19. The average molecular weight is 332 g/mol. The molecule has 5 nitrogen and oxygen atoms in total. The molecule has 6 heteroatoms. The van der Waals surface area contributed by atoms with Gasteiger partial charge in [-0.3, -0.25) is 9.78 Å². The molecule has 122 valence electrons. The molecule has 1 heterocycles. The standard InChI is InChI=1S/C17H20N2O3S/c1-21-17(16(20)19-12-4-3-5-12)22-13-6-7-15-11(8-13)9-14(23-2)10-18-15/h6-10,12,17H,3-5H2,1-2H3,(H,19,20). The number of hydrogen-bond acceptors (Lipinski definition) is 5. The van der Waals surface area contributed by atoms with Gasteiger partial charge in [0.25, 0.3) is 12.2 Å². The highest BCUT2D eigenvalue weighted by atomic mass is 32.2. The van der Waals surface area contributed by atoms with Gasteiger partial charge in [0.05, 0.1) is 5.52 Å². The molecular formula is C17H20N2O3S. The van der Waals surface area contributed by atoms with E-state index in [1.807, 2.05) is 24.6 Å². The summed E-state index contributed by atoms with van der Waals surface area (Å²) in [6.07, 6.45) is 6.14. The molecule has 1 fully saturated rings. The number of benzene rings is 1. The lowest BCUT2D eigenvalue weighted by Crippen LogP contribution is -2.47. The van der Waals surface area contributed by atoms with E-state index in [9.17, 15) is 4.79 Å². The normalized spacial score (nSPS) is 15.9. The Hall–Kier alpha value is -1.79. The Balaban J connectivity index is 1.74. The Labute approximate surface area is 139 Å². The van der Waals surface area contributed by atoms with Crippen LogP contribution in [-0.2, 0) is 9.53 Å². The molecule has 1 N–H and O–H groups in total. The van der Waals surface area contributed by atoms with Crippen molar-refractivity contribution in [2.45, 2.75) is 36.5 Å². The minimum absolute atomic E-state index is 0.228. The molecule has 1 saturated carbocycles. The number of fused-ring (bicyclic) bond motifs is 1. The lowest BCUT2D eigenvalue weighted by molar-refractivity contribution is -0.149. The molecule has 1 aliphatic rings. The maximum Gasteiger partial charge on any atom is 0.289 e. The number of ether oxygens (including phenoxy) is 2. The van der Waals surface area contributed by atoms with Gasteiger partial charge in [-0.25, -0.2) is 0 Å². The highest BCUT2D eigenvalue weighted by Crippen LogP contribution is 2.24. The van der Waals surface area contributed by atoms with Crippen LogP contribution in [0.4, 0.5) is 0 Å². The number of thioether (sulfide) groups is 1. The number of carbonyl (C=O) groups is 1. The molecular weight excluding hydrogens is 312 g/mol. The summed E-state index contributed by atoms with van der Waals surface area (Å²) >= 11 is 1.64. The van der Waals surface area contributed by atoms with Crippen molar-refractivity contribution >= 4 is 28.6 Å². The predicted molar refractivity (Wildman–Crippen MR) is 90.7 cm³/mol. The van der Waals surface area contributed by atoms with Crippen molar-refractivity contribution in [1.29, 1.82) is 0 Å². The van der Waals surface area contributed by atoms with Crippen LogP contribution in [-0.4, -0.2) is 36.6 Å². The van der Waals surface area contributed by atoms with E-state index in [0.29, 0.717) is 5.75 Å². The van der Waals surface area contributed by atoms with Crippen LogP contribution in [0.2, 0.25) is 0 Å². The summed E-state index contributed by atoms with van der Waals surface area (Å²) in [5.74, 6) is 0.362. The van der Waals surface area contributed by atoms with Gasteiger partial charge in [0.1, 0.15) is 5.75 Å². The summed E-state index contributed by atoms with van der Waals surface area (Å²) in [7, 11) is 1.47. The van der Waals surface area contributed by atoms with E-state index in [4.69, 9.17) is 9.47 Å². The first-order chi connectivity index (χ1) is 11.2. The first-order valence-electron chi connectivity index (χ1n) is 7.63. The smallest absolute Gasteiger partial charge is 0.289 e. The van der Waals surface area contributed by atoms with Gasteiger partial charge in [-0.2, -0.15) is 0 Å². The Morgan fingerprint density at radius 3 is 2.87 bits per heavy atom. The lowest BCUT2D eigenvalue weighted by Gasteiger charge is -2.28. The van der Waals surface area contributed by atoms with E-state index in [2.05, 4.69) is 16.4 Å². The summed E-state index contributed by atoms with van der Waals surface area (Å²) in [6.45, 7) is 0. The topological polar surface area (TPSA) is 60.5 Å². The van der Waals surface area contributed by atoms with E-state index in [1.54, 1.807) is 17.8 Å². The van der Waals surface area contributed by atoms with Gasteiger partial charge >= 0.3 is 0 Å². The molecule has 1 amide bonds. The molecule has 2 aromatic rings. The number of nitrogens with zero attached hydrogens (tertiary/aromatic N) is 1. The van der Waals surface area contributed by atoms with Crippen LogP contribution in [0, 0.1) is 0 Å². The minimum Gasteiger partial charge on any atom is -0.455 e. The zero-order chi connectivity index (χ0) is 16.2. The van der Waals surface area contributed by atoms with Crippen LogP contribution in [0.1, 0.15) is 19.3 Å². The Bertz CT molecular complexity index is 703. The quantitative estimate of drug-likeness (QED) is 0.651. The largest absolute Gasteiger partial charge is 0.455 e. The van der Waals surface area contributed by atoms with Crippen molar-refractivity contribution in [3.8, 4) is 5.75 Å². The van der Waals surface area contributed by atoms with Gasteiger partial charge in [-0.1, -0.05) is 0 Å². The molecule has 1 aromatic carbocycles. The van der Waals surface area contributed by atoms with Crippen LogP contribution in [0.5, 0.6) is 5.75 Å². The number of nitrogens with one attached hydrogen (secondary N) is 1. The zero-order valence-electron chi connectivity index (χ0n) is 13.2. The van der Waals surface area contributed by atoms with Gasteiger partial charge in [-0.05, 0) is 49.8 Å². The van der Waals surface area contributed by atoms with Crippen molar-refractivity contribution < 1.29 is 14.3 Å². The monoisotopic (exact) mass is 332 g/mol. The summed E-state index contributed by atoms with van der Waals surface area (Å²) in [5, 5.41) is 3.91. The number of pyridine rings is 1. The fourth-order valence-electron chi connectivity index (χ4n) is 2.43. The summed E-state index contributed by atoms with van der Waals surface area (Å²) < 4.78 is 10.9. The SMILES string of the molecule is COC(Oc1ccc2ncc(SC)cc2c1)C(=O)NC1CCC1. The van der Waals surface area contributed by atoms with Gasteiger partial charge in [0, 0.05) is 29.6 Å². The minimum atomic E-state index is -0.940. The van der Waals surface area contributed by atoms with Gasteiger partial charge in [0.15, 0.2) is 0 Å². The van der Waals surface area contributed by atoms with Crippen molar-refractivity contribution in [1.82, 2.24) is 10.3 Å². The first kappa shape index (κ1) is 16.1. The summed E-state index contributed by atoms with van der Waals surface area (Å²) in [5.41, 5.74) is 0.892. The maximum atomic E-state index is 12.2. The van der Waals surface area contributed by atoms with Gasteiger partial charge < -0.3 is 14.8 Å². The van der Waals surface area contributed by atoms with Crippen LogP contribution in [0.3, 0.4) is 0 Å². The number of amides is 1. The van der Waals surface area contributed by atoms with Crippen LogP contribution in [0.25, 0.3) is 10.9 Å². The Kier molecular flexibility index (Phi) is 5.03. The van der Waals surface area contributed by atoms with Crippen LogP contribution < -0.4 is 10.1 Å².